The van der Waals surface area contributed by atoms with Gasteiger partial charge in [0.15, 0.2) is 6.61 Å². The maximum Gasteiger partial charge on any atom is 0.260 e. The quantitative estimate of drug-likeness (QED) is 0.712. The van der Waals surface area contributed by atoms with E-state index in [-0.39, 0.29) is 48.6 Å². The van der Waals surface area contributed by atoms with Gasteiger partial charge in [0.25, 0.3) is 5.91 Å². The number of rotatable bonds is 5. The van der Waals surface area contributed by atoms with Gasteiger partial charge in [-0.2, -0.15) is 4.31 Å². The number of hydrogen-bond acceptors (Lipinski definition) is 4. The number of nitrogens with zero attached hydrogens (tertiary/aromatic N) is 2. The van der Waals surface area contributed by atoms with Crippen molar-refractivity contribution in [3.8, 4) is 5.75 Å². The van der Waals surface area contributed by atoms with Crippen LogP contribution in [0.3, 0.4) is 0 Å². The molecule has 0 atom stereocenters. The van der Waals surface area contributed by atoms with E-state index in [1.54, 1.807) is 11.0 Å². The van der Waals surface area contributed by atoms with Gasteiger partial charge in [-0.1, -0.05) is 35.3 Å². The fourth-order valence-corrected chi connectivity index (χ4v) is 5.09. The summed E-state index contributed by atoms with van der Waals surface area (Å²) in [5, 5.41) is 0.416. The van der Waals surface area contributed by atoms with E-state index in [0.717, 1.165) is 5.56 Å². The molecule has 0 aliphatic carbocycles. The molecule has 9 heteroatoms. The Morgan fingerprint density at radius 1 is 1.07 bits per heavy atom. The maximum absolute atomic E-state index is 12.8. The first kappa shape index (κ1) is 20.9. The summed E-state index contributed by atoms with van der Waals surface area (Å²) < 4.78 is 32.5. The first-order valence-corrected chi connectivity index (χ1v) is 10.9. The summed E-state index contributed by atoms with van der Waals surface area (Å²) in [4.78, 5) is 14.0. The minimum absolute atomic E-state index is 0.0239. The van der Waals surface area contributed by atoms with Crippen LogP contribution in [0.5, 0.6) is 5.75 Å². The minimum atomic E-state index is -3.78. The predicted molar refractivity (Wildman–Crippen MR) is 108 cm³/mol. The number of halogens is 2. The monoisotopic (exact) mass is 442 g/mol. The fraction of sp³-hybridized carbons (Fsp3) is 0.316. The Hall–Kier alpha value is -1.80. The smallest absolute Gasteiger partial charge is 0.260 e. The second-order valence-electron chi connectivity index (χ2n) is 6.46. The van der Waals surface area contributed by atoms with Crippen molar-refractivity contribution in [1.82, 2.24) is 9.21 Å². The largest absolute Gasteiger partial charge is 0.484 e. The van der Waals surface area contributed by atoms with Gasteiger partial charge in [0, 0.05) is 31.2 Å². The minimum Gasteiger partial charge on any atom is -0.484 e. The van der Waals surface area contributed by atoms with Crippen LogP contribution in [-0.4, -0.2) is 56.3 Å². The summed E-state index contributed by atoms with van der Waals surface area (Å²) in [5.41, 5.74) is 1.04. The van der Waals surface area contributed by atoms with E-state index < -0.39 is 10.0 Å². The van der Waals surface area contributed by atoms with Crippen LogP contribution >= 0.6 is 23.2 Å². The lowest BCUT2D eigenvalue weighted by Gasteiger charge is -2.34. The van der Waals surface area contributed by atoms with Gasteiger partial charge in [-0.05, 0) is 42.8 Å². The maximum atomic E-state index is 12.8. The lowest BCUT2D eigenvalue weighted by atomic mass is 10.2. The van der Waals surface area contributed by atoms with E-state index in [1.807, 2.05) is 25.1 Å². The normalized spacial score (nSPS) is 15.5. The number of carbonyl (C=O) groups is 1. The highest BCUT2D eigenvalue weighted by Crippen LogP contribution is 2.28. The molecule has 1 saturated heterocycles. The molecule has 0 radical (unpaired) electrons. The van der Waals surface area contributed by atoms with Gasteiger partial charge in [-0.3, -0.25) is 4.79 Å². The molecule has 0 N–H and O–H groups in total. The van der Waals surface area contributed by atoms with Crippen molar-refractivity contribution in [2.24, 2.45) is 0 Å². The number of hydrogen-bond donors (Lipinski definition) is 0. The van der Waals surface area contributed by atoms with E-state index in [1.165, 1.54) is 22.5 Å². The van der Waals surface area contributed by atoms with Crippen LogP contribution < -0.4 is 4.74 Å². The van der Waals surface area contributed by atoms with E-state index in [9.17, 15) is 13.2 Å². The fourth-order valence-electron chi connectivity index (χ4n) is 2.93. The number of aryl methyl sites for hydroxylation is 1. The summed E-state index contributed by atoms with van der Waals surface area (Å²) in [7, 11) is -3.78. The van der Waals surface area contributed by atoms with Crippen molar-refractivity contribution >= 4 is 39.1 Å². The lowest BCUT2D eigenvalue weighted by molar-refractivity contribution is -0.134. The zero-order valence-corrected chi connectivity index (χ0v) is 17.6. The molecular formula is C19H20Cl2N2O4S. The average molecular weight is 443 g/mol. The molecule has 0 bridgehead atoms. The molecule has 1 aliphatic rings. The molecule has 28 heavy (non-hydrogen) atoms. The Kier molecular flexibility index (Phi) is 6.50. The molecule has 1 aliphatic heterocycles. The van der Waals surface area contributed by atoms with Crippen LogP contribution in [0.1, 0.15) is 5.56 Å². The Bertz CT molecular complexity index is 974. The van der Waals surface area contributed by atoms with E-state index in [4.69, 9.17) is 27.9 Å². The molecule has 1 amide bonds. The molecule has 150 valence electrons. The first-order chi connectivity index (χ1) is 13.3. The first-order valence-electron chi connectivity index (χ1n) is 8.70. The Morgan fingerprint density at radius 2 is 1.79 bits per heavy atom. The summed E-state index contributed by atoms with van der Waals surface area (Å²) in [6.45, 7) is 2.79. The lowest BCUT2D eigenvalue weighted by Crippen LogP contribution is -2.51. The number of carbonyl (C=O) groups excluding carboxylic acids is 1. The molecule has 6 nitrogen and oxygen atoms in total. The second-order valence-corrected chi connectivity index (χ2v) is 9.21. The number of benzene rings is 2. The van der Waals surface area contributed by atoms with Crippen molar-refractivity contribution in [3.63, 3.8) is 0 Å². The van der Waals surface area contributed by atoms with Gasteiger partial charge in [-0.25, -0.2) is 8.42 Å². The summed E-state index contributed by atoms with van der Waals surface area (Å²) in [6.07, 6.45) is 0. The van der Waals surface area contributed by atoms with Crippen molar-refractivity contribution in [1.29, 1.82) is 0 Å². The van der Waals surface area contributed by atoms with Gasteiger partial charge in [0.1, 0.15) is 10.6 Å². The summed E-state index contributed by atoms with van der Waals surface area (Å²) in [6, 6.07) is 11.8. The number of amides is 1. The van der Waals surface area contributed by atoms with Crippen LogP contribution in [0.15, 0.2) is 47.4 Å². The van der Waals surface area contributed by atoms with E-state index >= 15 is 0 Å². The van der Waals surface area contributed by atoms with Gasteiger partial charge in [0.05, 0.1) is 5.02 Å². The summed E-state index contributed by atoms with van der Waals surface area (Å²) >= 11 is 12.0. The zero-order chi connectivity index (χ0) is 20.3. The molecule has 3 rings (SSSR count). The molecule has 0 saturated carbocycles. The highest BCUT2D eigenvalue weighted by Gasteiger charge is 2.31. The Labute approximate surface area is 174 Å². The zero-order valence-electron chi connectivity index (χ0n) is 15.3. The second kappa shape index (κ2) is 8.69. The topological polar surface area (TPSA) is 66.9 Å². The van der Waals surface area contributed by atoms with Crippen molar-refractivity contribution in [2.75, 3.05) is 32.8 Å². The number of piperazine rings is 1. The molecule has 2 aromatic rings. The van der Waals surface area contributed by atoms with Crippen LogP contribution in [0.25, 0.3) is 0 Å². The van der Waals surface area contributed by atoms with E-state index in [2.05, 4.69) is 0 Å². The van der Waals surface area contributed by atoms with Crippen molar-refractivity contribution in [3.05, 3.63) is 58.1 Å². The third-order valence-corrected chi connectivity index (χ3v) is 7.07. The van der Waals surface area contributed by atoms with Crippen LogP contribution in [0.2, 0.25) is 10.0 Å². The van der Waals surface area contributed by atoms with Crippen LogP contribution in [0, 0.1) is 6.92 Å². The molecule has 2 aromatic carbocycles. The predicted octanol–water partition coefficient (Wildman–Crippen LogP) is 3.21. The number of ether oxygens (including phenoxy) is 1. The number of sulfonamides is 1. The van der Waals surface area contributed by atoms with Crippen molar-refractivity contribution < 1.29 is 17.9 Å². The third kappa shape index (κ3) is 4.78. The molecular weight excluding hydrogens is 423 g/mol. The average Bonchev–Trinajstić information content (AvgIpc) is 2.68. The van der Waals surface area contributed by atoms with Crippen LogP contribution in [0.4, 0.5) is 0 Å². The molecule has 1 fully saturated rings. The SMILES string of the molecule is Cc1cccc(OCC(=O)N2CCN(S(=O)(=O)c3cc(Cl)ccc3Cl)CC2)c1. The molecule has 0 unspecified atom stereocenters. The van der Waals surface area contributed by atoms with Gasteiger partial charge < -0.3 is 9.64 Å². The van der Waals surface area contributed by atoms with Crippen molar-refractivity contribution in [2.45, 2.75) is 11.8 Å². The Morgan fingerprint density at radius 3 is 2.46 bits per heavy atom. The molecule has 0 spiro atoms. The van der Waals surface area contributed by atoms with Gasteiger partial charge in [0.2, 0.25) is 10.0 Å². The highest BCUT2D eigenvalue weighted by atomic mass is 35.5. The van der Waals surface area contributed by atoms with Gasteiger partial charge >= 0.3 is 0 Å². The third-order valence-electron chi connectivity index (χ3n) is 4.45. The van der Waals surface area contributed by atoms with E-state index in [0.29, 0.717) is 10.8 Å². The standard InChI is InChI=1S/C19H20Cl2N2O4S/c1-14-3-2-4-16(11-14)27-13-19(24)22-7-9-23(10-8-22)28(25,26)18-12-15(20)5-6-17(18)21/h2-6,11-12H,7-10,13H2,1H3. The molecule has 1 heterocycles. The summed E-state index contributed by atoms with van der Waals surface area (Å²) in [5.74, 6) is 0.449. The van der Waals surface area contributed by atoms with Gasteiger partial charge in [-0.15, -0.1) is 0 Å². The molecule has 0 aromatic heterocycles. The highest BCUT2D eigenvalue weighted by molar-refractivity contribution is 7.89. The van der Waals surface area contributed by atoms with Crippen LogP contribution in [-0.2, 0) is 14.8 Å². The Balaban J connectivity index is 1.59.